The SMILES string of the molecule is Cc1ncsc1-c1ccc(CNC(=O)[C@@H]2C[C@@H](O)CN2C(=O)C(NC(=O)COCCOCCOc2ccc(N)cc2)C(C)(C)C)cc1. The highest BCUT2D eigenvalue weighted by Crippen LogP contribution is 2.28. The number of nitrogens with one attached hydrogen (secondary N) is 2. The maximum atomic E-state index is 13.8. The molecule has 13 heteroatoms. The third-order valence-corrected chi connectivity index (χ3v) is 8.67. The number of nitrogens with two attached hydrogens (primary N) is 1. The van der Waals surface area contributed by atoms with Crippen LogP contribution in [0.4, 0.5) is 5.69 Å². The second-order valence-corrected chi connectivity index (χ2v) is 13.4. The van der Waals surface area contributed by atoms with Crippen LogP contribution in [-0.2, 0) is 30.4 Å². The first-order chi connectivity index (χ1) is 22.4. The van der Waals surface area contributed by atoms with Gasteiger partial charge in [-0.15, -0.1) is 11.3 Å². The van der Waals surface area contributed by atoms with E-state index in [0.717, 1.165) is 21.7 Å². The molecular formula is C34H45N5O7S. The largest absolute Gasteiger partial charge is 0.491 e. The summed E-state index contributed by atoms with van der Waals surface area (Å²) in [6.07, 6.45) is -0.742. The van der Waals surface area contributed by atoms with Crippen LogP contribution in [0.2, 0.25) is 0 Å². The normalized spacial score (nSPS) is 16.9. The number of aromatic nitrogens is 1. The number of β-amino-alcohol motifs (C(OH)–C–C–N with tert-alkyl or cyclic N) is 1. The molecule has 12 nitrogen and oxygen atoms in total. The number of anilines is 1. The Kier molecular flexibility index (Phi) is 12.7. The first kappa shape index (κ1) is 35.8. The third-order valence-electron chi connectivity index (χ3n) is 7.69. The molecule has 3 atom stereocenters. The summed E-state index contributed by atoms with van der Waals surface area (Å²) in [6, 6.07) is 13.1. The summed E-state index contributed by atoms with van der Waals surface area (Å²) in [6.45, 7) is 8.59. The van der Waals surface area contributed by atoms with Crippen molar-refractivity contribution in [2.75, 3.05) is 45.3 Å². The van der Waals surface area contributed by atoms with Gasteiger partial charge in [0.1, 0.15) is 31.0 Å². The lowest BCUT2D eigenvalue weighted by Gasteiger charge is -2.35. The van der Waals surface area contributed by atoms with Crippen molar-refractivity contribution in [2.24, 2.45) is 5.41 Å². The van der Waals surface area contributed by atoms with Gasteiger partial charge in [0, 0.05) is 25.2 Å². The Bertz CT molecular complexity index is 1470. The molecule has 0 spiro atoms. The molecule has 0 saturated carbocycles. The van der Waals surface area contributed by atoms with Crippen molar-refractivity contribution >= 4 is 34.7 Å². The molecule has 3 aromatic rings. The fourth-order valence-electron chi connectivity index (χ4n) is 5.15. The summed E-state index contributed by atoms with van der Waals surface area (Å²) in [5, 5.41) is 16.1. The molecule has 0 bridgehead atoms. The number of thiazole rings is 1. The van der Waals surface area contributed by atoms with E-state index in [1.165, 1.54) is 4.90 Å². The summed E-state index contributed by atoms with van der Waals surface area (Å²) in [5.41, 5.74) is 10.4. The van der Waals surface area contributed by atoms with E-state index in [1.807, 2.05) is 57.5 Å². The number of aryl methyl sites for hydroxylation is 1. The maximum Gasteiger partial charge on any atom is 0.246 e. The number of rotatable bonds is 15. The van der Waals surface area contributed by atoms with Crippen molar-refractivity contribution < 1.29 is 33.7 Å². The Labute approximate surface area is 279 Å². The van der Waals surface area contributed by atoms with Crippen LogP contribution in [0, 0.1) is 12.3 Å². The summed E-state index contributed by atoms with van der Waals surface area (Å²) in [5.74, 6) is -0.573. The number of benzene rings is 2. The van der Waals surface area contributed by atoms with Crippen LogP contribution in [0.15, 0.2) is 54.0 Å². The molecule has 254 valence electrons. The smallest absolute Gasteiger partial charge is 0.246 e. The van der Waals surface area contributed by atoms with Gasteiger partial charge in [-0.25, -0.2) is 4.98 Å². The van der Waals surface area contributed by atoms with E-state index >= 15 is 0 Å². The molecule has 2 heterocycles. The van der Waals surface area contributed by atoms with Gasteiger partial charge in [-0.1, -0.05) is 45.0 Å². The molecule has 4 rings (SSSR count). The molecule has 1 aromatic heterocycles. The number of amides is 3. The number of aliphatic hydroxyl groups excluding tert-OH is 1. The number of carbonyl (C=O) groups excluding carboxylic acids is 3. The van der Waals surface area contributed by atoms with Gasteiger partial charge < -0.3 is 40.6 Å². The highest BCUT2D eigenvalue weighted by Gasteiger charge is 2.44. The lowest BCUT2D eigenvalue weighted by Crippen LogP contribution is -2.58. The Morgan fingerprint density at radius 3 is 2.38 bits per heavy atom. The van der Waals surface area contributed by atoms with Gasteiger partial charge in [0.2, 0.25) is 17.7 Å². The monoisotopic (exact) mass is 667 g/mol. The minimum atomic E-state index is -0.941. The van der Waals surface area contributed by atoms with Gasteiger partial charge in [0.05, 0.1) is 42.0 Å². The number of hydrogen-bond donors (Lipinski definition) is 4. The fourth-order valence-corrected chi connectivity index (χ4v) is 5.96. The molecule has 5 N–H and O–H groups in total. The van der Waals surface area contributed by atoms with Crippen molar-refractivity contribution in [3.8, 4) is 16.2 Å². The third kappa shape index (κ3) is 10.5. The minimum absolute atomic E-state index is 0.00184. The number of nitrogen functional groups attached to an aromatic ring is 1. The topological polar surface area (TPSA) is 165 Å². The zero-order chi connectivity index (χ0) is 34.0. The predicted molar refractivity (Wildman–Crippen MR) is 180 cm³/mol. The summed E-state index contributed by atoms with van der Waals surface area (Å²) < 4.78 is 16.5. The van der Waals surface area contributed by atoms with Crippen molar-refractivity contribution in [3.63, 3.8) is 0 Å². The van der Waals surface area contributed by atoms with Crippen LogP contribution in [0.5, 0.6) is 5.75 Å². The molecule has 3 amide bonds. The molecule has 1 aliphatic rings. The van der Waals surface area contributed by atoms with Gasteiger partial charge in [-0.3, -0.25) is 14.4 Å². The van der Waals surface area contributed by atoms with E-state index in [0.29, 0.717) is 24.7 Å². The van der Waals surface area contributed by atoms with Crippen LogP contribution in [0.25, 0.3) is 10.4 Å². The van der Waals surface area contributed by atoms with Crippen molar-refractivity contribution in [1.82, 2.24) is 20.5 Å². The van der Waals surface area contributed by atoms with Gasteiger partial charge >= 0.3 is 0 Å². The molecular weight excluding hydrogens is 622 g/mol. The predicted octanol–water partition coefficient (Wildman–Crippen LogP) is 2.92. The lowest BCUT2D eigenvalue weighted by molar-refractivity contribution is -0.144. The molecule has 1 unspecified atom stereocenters. The Morgan fingerprint density at radius 2 is 1.72 bits per heavy atom. The molecule has 47 heavy (non-hydrogen) atoms. The van der Waals surface area contributed by atoms with E-state index in [4.69, 9.17) is 19.9 Å². The molecule has 2 aromatic carbocycles. The van der Waals surface area contributed by atoms with E-state index in [1.54, 1.807) is 35.6 Å². The summed E-state index contributed by atoms with van der Waals surface area (Å²) in [7, 11) is 0. The number of likely N-dealkylation sites (tertiary alicyclic amines) is 1. The van der Waals surface area contributed by atoms with Crippen LogP contribution in [0.3, 0.4) is 0 Å². The summed E-state index contributed by atoms with van der Waals surface area (Å²) in [4.78, 5) is 46.6. The second-order valence-electron chi connectivity index (χ2n) is 12.5. The van der Waals surface area contributed by atoms with E-state index in [2.05, 4.69) is 15.6 Å². The van der Waals surface area contributed by atoms with Crippen LogP contribution in [-0.4, -0.2) is 90.5 Å². The van der Waals surface area contributed by atoms with Gasteiger partial charge in [-0.05, 0) is 47.7 Å². The lowest BCUT2D eigenvalue weighted by atomic mass is 9.85. The second kappa shape index (κ2) is 16.7. The molecule has 1 saturated heterocycles. The minimum Gasteiger partial charge on any atom is -0.491 e. The average molecular weight is 668 g/mol. The Morgan fingerprint density at radius 1 is 1.04 bits per heavy atom. The van der Waals surface area contributed by atoms with E-state index in [-0.39, 0.29) is 45.2 Å². The first-order valence-electron chi connectivity index (χ1n) is 15.6. The highest BCUT2D eigenvalue weighted by molar-refractivity contribution is 7.13. The zero-order valence-electron chi connectivity index (χ0n) is 27.4. The van der Waals surface area contributed by atoms with Crippen molar-refractivity contribution in [3.05, 3.63) is 65.3 Å². The van der Waals surface area contributed by atoms with Gasteiger partial charge in [0.15, 0.2) is 0 Å². The number of nitrogens with zero attached hydrogens (tertiary/aromatic N) is 2. The van der Waals surface area contributed by atoms with Crippen LogP contribution in [0.1, 0.15) is 38.4 Å². The maximum absolute atomic E-state index is 13.8. The molecule has 1 aliphatic heterocycles. The Balaban J connectivity index is 1.22. The quantitative estimate of drug-likeness (QED) is 0.141. The fraction of sp³-hybridized carbons (Fsp3) is 0.471. The number of carbonyl (C=O) groups is 3. The standard InChI is InChI=1S/C34H45N5O7S/c1-22-30(47-21-37-22)24-7-5-23(6-8-24)18-36-32(42)28-17-26(40)19-39(28)33(43)31(34(2,3)4)38-29(41)20-45-14-13-44-15-16-46-27-11-9-25(35)10-12-27/h5-12,21,26,28,31,40H,13-20,35H2,1-4H3,(H,36,42)(H,38,41)/t26-,28+,31?/m1/s1. The number of ether oxygens (including phenoxy) is 3. The molecule has 0 aliphatic carbocycles. The first-order valence-corrected chi connectivity index (χ1v) is 16.5. The molecule has 0 radical (unpaired) electrons. The summed E-state index contributed by atoms with van der Waals surface area (Å²) >= 11 is 1.57. The zero-order valence-corrected chi connectivity index (χ0v) is 28.2. The Hall–Kier alpha value is -4.04. The van der Waals surface area contributed by atoms with Crippen LogP contribution >= 0.6 is 11.3 Å². The van der Waals surface area contributed by atoms with E-state index < -0.39 is 35.4 Å². The van der Waals surface area contributed by atoms with E-state index in [9.17, 15) is 19.5 Å². The van der Waals surface area contributed by atoms with Gasteiger partial charge in [0.25, 0.3) is 0 Å². The van der Waals surface area contributed by atoms with Crippen LogP contribution < -0.4 is 21.1 Å². The van der Waals surface area contributed by atoms with Crippen molar-refractivity contribution in [2.45, 2.75) is 58.8 Å². The highest BCUT2D eigenvalue weighted by atomic mass is 32.1. The average Bonchev–Trinajstić information content (AvgIpc) is 3.65. The number of aliphatic hydroxyl groups is 1. The van der Waals surface area contributed by atoms with Crippen molar-refractivity contribution in [1.29, 1.82) is 0 Å². The number of hydrogen-bond acceptors (Lipinski definition) is 10. The molecule has 1 fully saturated rings. The van der Waals surface area contributed by atoms with Gasteiger partial charge in [-0.2, -0.15) is 0 Å².